The summed E-state index contributed by atoms with van der Waals surface area (Å²) in [6.45, 7) is 1.60. The first kappa shape index (κ1) is 12.4. The molecule has 0 unspecified atom stereocenters. The Morgan fingerprint density at radius 3 is 2.75 bits per heavy atom. The van der Waals surface area contributed by atoms with Crippen LogP contribution in [0, 0.1) is 6.92 Å². The van der Waals surface area contributed by atoms with Crippen molar-refractivity contribution in [3.63, 3.8) is 0 Å². The second-order valence-electron chi connectivity index (χ2n) is 3.19. The van der Waals surface area contributed by atoms with E-state index in [0.29, 0.717) is 11.4 Å². The van der Waals surface area contributed by atoms with Crippen molar-refractivity contribution in [2.24, 2.45) is 0 Å². The van der Waals surface area contributed by atoms with E-state index in [1.165, 1.54) is 12.3 Å². The number of alkyl halides is 3. The van der Waals surface area contributed by atoms with Gasteiger partial charge in [-0.15, -0.1) is 0 Å². The van der Waals surface area contributed by atoms with Crippen molar-refractivity contribution in [2.75, 3.05) is 5.32 Å². The van der Waals surface area contributed by atoms with Gasteiger partial charge in [0, 0.05) is 6.42 Å². The van der Waals surface area contributed by atoms with E-state index in [2.05, 4.69) is 15.5 Å². The fraction of sp³-hybridized carbons (Fsp3) is 0.444. The zero-order valence-electron chi connectivity index (χ0n) is 8.51. The molecule has 0 saturated carbocycles. The first-order valence-corrected chi connectivity index (χ1v) is 4.53. The van der Waals surface area contributed by atoms with Crippen molar-refractivity contribution < 1.29 is 18.0 Å². The average Bonchev–Trinajstić information content (AvgIpc) is 2.18. The third-order valence-electron chi connectivity index (χ3n) is 1.82. The molecule has 1 amide bonds. The smallest absolute Gasteiger partial charge is 0.324 e. The second kappa shape index (κ2) is 4.91. The minimum Gasteiger partial charge on any atom is -0.324 e. The molecule has 0 aromatic carbocycles. The Morgan fingerprint density at radius 2 is 2.19 bits per heavy atom. The lowest BCUT2D eigenvalue weighted by Gasteiger charge is -2.08. The molecule has 0 aliphatic carbocycles. The standard InChI is InChI=1S/C9H10F3N3O/c1-6-7(3-5-13-15-6)14-8(16)2-4-9(10,11)12/h3,5H,2,4H2,1H3,(H,13,14,16). The number of anilines is 1. The van der Waals surface area contributed by atoms with Gasteiger partial charge in [-0.1, -0.05) is 0 Å². The number of nitrogens with one attached hydrogen (secondary N) is 1. The van der Waals surface area contributed by atoms with E-state index in [0.717, 1.165) is 0 Å². The van der Waals surface area contributed by atoms with Crippen LogP contribution in [0.5, 0.6) is 0 Å². The van der Waals surface area contributed by atoms with Gasteiger partial charge < -0.3 is 5.32 Å². The van der Waals surface area contributed by atoms with E-state index in [1.807, 2.05) is 0 Å². The fourth-order valence-electron chi connectivity index (χ4n) is 1.00. The lowest BCUT2D eigenvalue weighted by atomic mass is 10.2. The molecule has 0 spiro atoms. The highest BCUT2D eigenvalue weighted by Crippen LogP contribution is 2.21. The highest BCUT2D eigenvalue weighted by atomic mass is 19.4. The van der Waals surface area contributed by atoms with Crippen LogP contribution < -0.4 is 5.32 Å². The normalized spacial score (nSPS) is 11.2. The van der Waals surface area contributed by atoms with Crippen LogP contribution in [0.25, 0.3) is 0 Å². The first-order valence-electron chi connectivity index (χ1n) is 4.53. The minimum atomic E-state index is -4.32. The predicted octanol–water partition coefficient (Wildman–Crippen LogP) is 2.07. The Morgan fingerprint density at radius 1 is 1.50 bits per heavy atom. The quantitative estimate of drug-likeness (QED) is 0.869. The van der Waals surface area contributed by atoms with E-state index in [-0.39, 0.29) is 0 Å². The molecule has 1 rings (SSSR count). The number of hydrogen-bond donors (Lipinski definition) is 1. The molecule has 1 N–H and O–H groups in total. The van der Waals surface area contributed by atoms with Crippen molar-refractivity contribution in [2.45, 2.75) is 25.9 Å². The van der Waals surface area contributed by atoms with E-state index >= 15 is 0 Å². The van der Waals surface area contributed by atoms with Gasteiger partial charge in [0.05, 0.1) is 24.0 Å². The summed E-state index contributed by atoms with van der Waals surface area (Å²) in [5, 5.41) is 9.55. The van der Waals surface area contributed by atoms with E-state index in [1.54, 1.807) is 6.92 Å². The van der Waals surface area contributed by atoms with Crippen LogP contribution >= 0.6 is 0 Å². The Balaban J connectivity index is 2.50. The topological polar surface area (TPSA) is 54.9 Å². The molecule has 0 radical (unpaired) electrons. The molecule has 0 aliphatic rings. The highest BCUT2D eigenvalue weighted by molar-refractivity contribution is 5.91. The van der Waals surface area contributed by atoms with Gasteiger partial charge in [0.1, 0.15) is 0 Å². The van der Waals surface area contributed by atoms with E-state index in [9.17, 15) is 18.0 Å². The molecule has 1 aromatic heterocycles. The van der Waals surface area contributed by atoms with Gasteiger partial charge in [0.2, 0.25) is 5.91 Å². The lowest BCUT2D eigenvalue weighted by Crippen LogP contribution is -2.17. The zero-order valence-corrected chi connectivity index (χ0v) is 8.51. The molecule has 7 heteroatoms. The summed E-state index contributed by atoms with van der Waals surface area (Å²) in [6.07, 6.45) is -4.68. The van der Waals surface area contributed by atoms with Crippen LogP contribution in [0.3, 0.4) is 0 Å². The van der Waals surface area contributed by atoms with Crippen LogP contribution in [0.1, 0.15) is 18.5 Å². The van der Waals surface area contributed by atoms with Gasteiger partial charge in [-0.2, -0.15) is 23.4 Å². The molecule has 0 bridgehead atoms. The van der Waals surface area contributed by atoms with Crippen molar-refractivity contribution in [1.29, 1.82) is 0 Å². The van der Waals surface area contributed by atoms with E-state index < -0.39 is 24.9 Å². The van der Waals surface area contributed by atoms with Gasteiger partial charge in [0.15, 0.2) is 0 Å². The fourth-order valence-corrected chi connectivity index (χ4v) is 1.00. The maximum atomic E-state index is 11.8. The molecule has 4 nitrogen and oxygen atoms in total. The van der Waals surface area contributed by atoms with Crippen molar-refractivity contribution in [3.05, 3.63) is 18.0 Å². The van der Waals surface area contributed by atoms with E-state index in [4.69, 9.17) is 0 Å². The van der Waals surface area contributed by atoms with Gasteiger partial charge >= 0.3 is 6.18 Å². The monoisotopic (exact) mass is 233 g/mol. The predicted molar refractivity (Wildman–Crippen MR) is 50.7 cm³/mol. The number of halogens is 3. The Bertz CT molecular complexity index is 379. The number of rotatable bonds is 3. The molecule has 1 aromatic rings. The van der Waals surface area contributed by atoms with Crippen LogP contribution in [-0.2, 0) is 4.79 Å². The number of amides is 1. The first-order chi connectivity index (χ1) is 7.38. The van der Waals surface area contributed by atoms with Gasteiger partial charge in [-0.05, 0) is 13.0 Å². The molecular formula is C9H10F3N3O. The highest BCUT2D eigenvalue weighted by Gasteiger charge is 2.27. The van der Waals surface area contributed by atoms with Crippen molar-refractivity contribution in [3.8, 4) is 0 Å². The number of aryl methyl sites for hydroxylation is 1. The number of aromatic nitrogens is 2. The molecular weight excluding hydrogens is 223 g/mol. The molecule has 88 valence electrons. The Kier molecular flexibility index (Phi) is 3.81. The van der Waals surface area contributed by atoms with Crippen LogP contribution in [0.4, 0.5) is 18.9 Å². The second-order valence-corrected chi connectivity index (χ2v) is 3.19. The van der Waals surface area contributed by atoms with Crippen molar-refractivity contribution >= 4 is 11.6 Å². The maximum absolute atomic E-state index is 11.8. The van der Waals surface area contributed by atoms with Crippen LogP contribution in [0.15, 0.2) is 12.3 Å². The van der Waals surface area contributed by atoms with Gasteiger partial charge in [0.25, 0.3) is 0 Å². The van der Waals surface area contributed by atoms with Crippen LogP contribution in [0.2, 0.25) is 0 Å². The lowest BCUT2D eigenvalue weighted by molar-refractivity contribution is -0.142. The number of carbonyl (C=O) groups excluding carboxylic acids is 1. The maximum Gasteiger partial charge on any atom is 0.389 e. The summed E-state index contributed by atoms with van der Waals surface area (Å²) < 4.78 is 35.5. The minimum absolute atomic E-state index is 0.377. The molecule has 0 fully saturated rings. The molecule has 16 heavy (non-hydrogen) atoms. The summed E-state index contributed by atoms with van der Waals surface area (Å²) in [4.78, 5) is 11.2. The average molecular weight is 233 g/mol. The van der Waals surface area contributed by atoms with Crippen LogP contribution in [-0.4, -0.2) is 22.3 Å². The summed E-state index contributed by atoms with van der Waals surface area (Å²) in [5.74, 6) is -0.687. The third-order valence-corrected chi connectivity index (χ3v) is 1.82. The molecule has 0 aliphatic heterocycles. The number of nitrogens with zero attached hydrogens (tertiary/aromatic N) is 2. The Labute approximate surface area is 89.9 Å². The van der Waals surface area contributed by atoms with Crippen molar-refractivity contribution in [1.82, 2.24) is 10.2 Å². The summed E-state index contributed by atoms with van der Waals surface area (Å²) >= 11 is 0. The summed E-state index contributed by atoms with van der Waals surface area (Å²) in [5.41, 5.74) is 0.838. The SMILES string of the molecule is Cc1nnccc1NC(=O)CCC(F)(F)F. The molecule has 0 saturated heterocycles. The zero-order chi connectivity index (χ0) is 12.2. The third kappa shape index (κ3) is 4.24. The van der Waals surface area contributed by atoms with Gasteiger partial charge in [-0.3, -0.25) is 4.79 Å². The number of carbonyl (C=O) groups is 1. The Hall–Kier alpha value is -1.66. The molecule has 1 heterocycles. The van der Waals surface area contributed by atoms with Gasteiger partial charge in [-0.25, -0.2) is 0 Å². The summed E-state index contributed by atoms with van der Waals surface area (Å²) in [6, 6.07) is 1.48. The largest absolute Gasteiger partial charge is 0.389 e. The number of hydrogen-bond acceptors (Lipinski definition) is 3. The molecule has 0 atom stereocenters. The summed E-state index contributed by atoms with van der Waals surface area (Å²) in [7, 11) is 0.